The number of aryl methyl sites for hydroxylation is 2. The van der Waals surface area contributed by atoms with E-state index in [0.717, 1.165) is 24.0 Å². The van der Waals surface area contributed by atoms with Gasteiger partial charge in [0.15, 0.2) is 0 Å². The molecule has 1 N–H and O–H groups in total. The Labute approximate surface area is 103 Å². The molecule has 0 aromatic heterocycles. The molecular formula is C13H19NO2S. The van der Waals surface area contributed by atoms with Crippen LogP contribution >= 0.6 is 0 Å². The third kappa shape index (κ3) is 2.87. The van der Waals surface area contributed by atoms with Crippen LogP contribution in [0, 0.1) is 19.8 Å². The highest BCUT2D eigenvalue weighted by Crippen LogP contribution is 2.33. The van der Waals surface area contributed by atoms with Crippen molar-refractivity contribution in [2.24, 2.45) is 5.92 Å². The molecule has 1 atom stereocenters. The molecule has 3 nitrogen and oxygen atoms in total. The molecule has 0 heterocycles. The summed E-state index contributed by atoms with van der Waals surface area (Å²) in [5.74, 6) is 0.523. The SMILES string of the molecule is Cc1ccc(C)c(S(=O)(=O)N[C@H](C)C2CC2)c1. The topological polar surface area (TPSA) is 46.2 Å². The van der Waals surface area contributed by atoms with E-state index in [1.807, 2.05) is 32.9 Å². The number of hydrogen-bond donors (Lipinski definition) is 1. The van der Waals surface area contributed by atoms with Gasteiger partial charge >= 0.3 is 0 Å². The molecule has 1 aliphatic carbocycles. The van der Waals surface area contributed by atoms with Crippen molar-refractivity contribution in [3.8, 4) is 0 Å². The minimum absolute atomic E-state index is 0.0416. The Hall–Kier alpha value is -0.870. The molecule has 0 bridgehead atoms. The Kier molecular flexibility index (Phi) is 3.27. The third-order valence-electron chi connectivity index (χ3n) is 3.30. The number of rotatable bonds is 4. The van der Waals surface area contributed by atoms with Gasteiger partial charge in [-0.05, 0) is 56.7 Å². The summed E-state index contributed by atoms with van der Waals surface area (Å²) >= 11 is 0. The van der Waals surface area contributed by atoms with Crippen molar-refractivity contribution in [2.45, 2.75) is 44.6 Å². The predicted molar refractivity (Wildman–Crippen MR) is 68.4 cm³/mol. The van der Waals surface area contributed by atoms with Gasteiger partial charge in [-0.25, -0.2) is 13.1 Å². The third-order valence-corrected chi connectivity index (χ3v) is 5.00. The zero-order chi connectivity index (χ0) is 12.6. The molecule has 0 aliphatic heterocycles. The second-order valence-electron chi connectivity index (χ2n) is 5.02. The van der Waals surface area contributed by atoms with Crippen molar-refractivity contribution in [2.75, 3.05) is 0 Å². The summed E-state index contributed by atoms with van der Waals surface area (Å²) < 4.78 is 27.2. The number of sulfonamides is 1. The maximum absolute atomic E-state index is 12.2. The van der Waals surface area contributed by atoms with E-state index in [1.165, 1.54) is 0 Å². The minimum Gasteiger partial charge on any atom is -0.208 e. The molecule has 1 saturated carbocycles. The normalized spacial score (nSPS) is 18.1. The smallest absolute Gasteiger partial charge is 0.208 e. The van der Waals surface area contributed by atoms with Gasteiger partial charge in [0.2, 0.25) is 10.0 Å². The summed E-state index contributed by atoms with van der Waals surface area (Å²) in [6.45, 7) is 5.68. The highest BCUT2D eigenvalue weighted by atomic mass is 32.2. The first-order chi connectivity index (χ1) is 7.90. The van der Waals surface area contributed by atoms with Gasteiger partial charge < -0.3 is 0 Å². The van der Waals surface area contributed by atoms with Crippen LogP contribution < -0.4 is 4.72 Å². The lowest BCUT2D eigenvalue weighted by atomic mass is 10.2. The van der Waals surface area contributed by atoms with E-state index in [2.05, 4.69) is 4.72 Å². The average Bonchev–Trinajstić information content (AvgIpc) is 3.04. The molecule has 1 aromatic carbocycles. The molecular weight excluding hydrogens is 234 g/mol. The first-order valence-corrected chi connectivity index (χ1v) is 7.48. The first-order valence-electron chi connectivity index (χ1n) is 6.00. The maximum Gasteiger partial charge on any atom is 0.241 e. The zero-order valence-electron chi connectivity index (χ0n) is 10.5. The van der Waals surface area contributed by atoms with Crippen molar-refractivity contribution in [3.05, 3.63) is 29.3 Å². The Morgan fingerprint density at radius 3 is 2.53 bits per heavy atom. The standard InChI is InChI=1S/C13H19NO2S/c1-9-4-5-10(2)13(8-9)17(15,16)14-11(3)12-6-7-12/h4-5,8,11-12,14H,6-7H2,1-3H3/t11-/m1/s1. The van der Waals surface area contributed by atoms with Crippen LogP contribution in [-0.2, 0) is 10.0 Å². The van der Waals surface area contributed by atoms with Gasteiger partial charge in [-0.2, -0.15) is 0 Å². The molecule has 0 radical (unpaired) electrons. The van der Waals surface area contributed by atoms with E-state index in [-0.39, 0.29) is 6.04 Å². The largest absolute Gasteiger partial charge is 0.241 e. The van der Waals surface area contributed by atoms with Gasteiger partial charge in [0.25, 0.3) is 0 Å². The highest BCUT2D eigenvalue weighted by Gasteiger charge is 2.31. The maximum atomic E-state index is 12.2. The Bertz CT molecular complexity index is 518. The Morgan fingerprint density at radius 2 is 1.94 bits per heavy atom. The van der Waals surface area contributed by atoms with Crippen LogP contribution in [-0.4, -0.2) is 14.5 Å². The van der Waals surface area contributed by atoms with E-state index in [4.69, 9.17) is 0 Å². The van der Waals surface area contributed by atoms with Crippen molar-refractivity contribution >= 4 is 10.0 Å². The van der Waals surface area contributed by atoms with E-state index in [0.29, 0.717) is 10.8 Å². The van der Waals surface area contributed by atoms with Crippen molar-refractivity contribution in [3.63, 3.8) is 0 Å². The molecule has 2 rings (SSSR count). The fraction of sp³-hybridized carbons (Fsp3) is 0.538. The lowest BCUT2D eigenvalue weighted by Crippen LogP contribution is -2.34. The molecule has 1 aliphatic rings. The van der Waals surface area contributed by atoms with Gasteiger partial charge in [0.1, 0.15) is 0 Å². The first kappa shape index (κ1) is 12.6. The molecule has 1 fully saturated rings. The monoisotopic (exact) mass is 253 g/mol. The van der Waals surface area contributed by atoms with E-state index in [1.54, 1.807) is 6.07 Å². The summed E-state index contributed by atoms with van der Waals surface area (Å²) in [4.78, 5) is 0.407. The average molecular weight is 253 g/mol. The van der Waals surface area contributed by atoms with Crippen LogP contribution in [0.25, 0.3) is 0 Å². The fourth-order valence-corrected chi connectivity index (χ4v) is 3.64. The molecule has 4 heteroatoms. The molecule has 94 valence electrons. The number of hydrogen-bond acceptors (Lipinski definition) is 2. The van der Waals surface area contributed by atoms with Gasteiger partial charge in [0, 0.05) is 6.04 Å². The quantitative estimate of drug-likeness (QED) is 0.895. The van der Waals surface area contributed by atoms with Crippen LogP contribution in [0.1, 0.15) is 30.9 Å². The molecule has 0 saturated heterocycles. The number of nitrogens with one attached hydrogen (secondary N) is 1. The molecule has 0 spiro atoms. The summed E-state index contributed by atoms with van der Waals surface area (Å²) in [5, 5.41) is 0. The zero-order valence-corrected chi connectivity index (χ0v) is 11.3. The van der Waals surface area contributed by atoms with Crippen LogP contribution in [0.15, 0.2) is 23.1 Å². The molecule has 0 unspecified atom stereocenters. The van der Waals surface area contributed by atoms with Gasteiger partial charge in [-0.3, -0.25) is 0 Å². The molecule has 17 heavy (non-hydrogen) atoms. The van der Waals surface area contributed by atoms with Crippen molar-refractivity contribution in [1.29, 1.82) is 0 Å². The minimum atomic E-state index is -3.37. The lowest BCUT2D eigenvalue weighted by molar-refractivity contribution is 0.537. The van der Waals surface area contributed by atoms with Crippen molar-refractivity contribution in [1.82, 2.24) is 4.72 Å². The van der Waals surface area contributed by atoms with Gasteiger partial charge in [-0.15, -0.1) is 0 Å². The van der Waals surface area contributed by atoms with E-state index < -0.39 is 10.0 Å². The summed E-state index contributed by atoms with van der Waals surface area (Å²) in [5.41, 5.74) is 1.76. The molecule has 1 aromatic rings. The predicted octanol–water partition coefficient (Wildman–Crippen LogP) is 2.38. The highest BCUT2D eigenvalue weighted by molar-refractivity contribution is 7.89. The fourth-order valence-electron chi connectivity index (χ4n) is 2.00. The molecule has 0 amide bonds. The summed E-state index contributed by atoms with van der Waals surface area (Å²) in [7, 11) is -3.37. The summed E-state index contributed by atoms with van der Waals surface area (Å²) in [6, 6.07) is 5.56. The van der Waals surface area contributed by atoms with Crippen LogP contribution in [0.4, 0.5) is 0 Å². The van der Waals surface area contributed by atoms with Gasteiger partial charge in [0.05, 0.1) is 4.90 Å². The second kappa shape index (κ2) is 4.42. The van der Waals surface area contributed by atoms with E-state index >= 15 is 0 Å². The Balaban J connectivity index is 2.27. The second-order valence-corrected chi connectivity index (χ2v) is 6.70. The Morgan fingerprint density at radius 1 is 1.29 bits per heavy atom. The van der Waals surface area contributed by atoms with Crippen LogP contribution in [0.3, 0.4) is 0 Å². The summed E-state index contributed by atoms with van der Waals surface area (Å²) in [6.07, 6.45) is 2.27. The van der Waals surface area contributed by atoms with Crippen LogP contribution in [0.5, 0.6) is 0 Å². The lowest BCUT2D eigenvalue weighted by Gasteiger charge is -2.15. The number of benzene rings is 1. The van der Waals surface area contributed by atoms with Crippen LogP contribution in [0.2, 0.25) is 0 Å². The van der Waals surface area contributed by atoms with Crippen molar-refractivity contribution < 1.29 is 8.42 Å². The van der Waals surface area contributed by atoms with Gasteiger partial charge in [-0.1, -0.05) is 12.1 Å². The van der Waals surface area contributed by atoms with E-state index in [9.17, 15) is 8.42 Å².